The van der Waals surface area contributed by atoms with Crippen LogP contribution in [0.15, 0.2) is 23.5 Å². The van der Waals surface area contributed by atoms with Crippen molar-refractivity contribution in [1.82, 2.24) is 0 Å². The minimum atomic E-state index is -2.01. The molecule has 3 atom stereocenters. The van der Waals surface area contributed by atoms with Crippen LogP contribution in [0.4, 0.5) is 0 Å². The van der Waals surface area contributed by atoms with Crippen LogP contribution in [-0.4, -0.2) is 36.7 Å². The van der Waals surface area contributed by atoms with Crippen molar-refractivity contribution in [2.75, 3.05) is 0 Å². The number of unbranched alkanes of at least 4 members (excludes halogenated alkanes) is 1. The van der Waals surface area contributed by atoms with Gasteiger partial charge in [-0.3, -0.25) is 0 Å². The van der Waals surface area contributed by atoms with Crippen molar-refractivity contribution in [1.29, 1.82) is 0 Å². The van der Waals surface area contributed by atoms with Gasteiger partial charge in [0.2, 0.25) is 8.32 Å². The molecule has 0 fully saturated rings. The summed E-state index contributed by atoms with van der Waals surface area (Å²) in [5, 5.41) is 0.137. The van der Waals surface area contributed by atoms with Crippen LogP contribution in [0.5, 0.6) is 0 Å². The van der Waals surface area contributed by atoms with Crippen LogP contribution in [0.25, 0.3) is 0 Å². The molecule has 0 aromatic carbocycles. The Hall–Kier alpha value is -0.589. The second kappa shape index (κ2) is 15.0. The molecule has 39 heavy (non-hydrogen) atoms. The molecule has 0 saturated carbocycles. The third-order valence-corrected chi connectivity index (χ3v) is 19.0. The quantitative estimate of drug-likeness (QED) is 0.107. The highest BCUT2D eigenvalue weighted by atomic mass is 28.4. The minimum absolute atomic E-state index is 0.105. The molecule has 0 radical (unpaired) electrons. The molecule has 0 heterocycles. The molecule has 6 heteroatoms. The van der Waals surface area contributed by atoms with Crippen molar-refractivity contribution in [2.45, 2.75) is 168 Å². The molecule has 0 saturated heterocycles. The highest BCUT2D eigenvalue weighted by Crippen LogP contribution is 2.44. The van der Waals surface area contributed by atoms with Gasteiger partial charge in [-0.25, -0.2) is 0 Å². The first-order valence-corrected chi connectivity index (χ1v) is 24.7. The fourth-order valence-corrected chi connectivity index (χ4v) is 10.9. The maximum atomic E-state index is 7.22. The summed E-state index contributed by atoms with van der Waals surface area (Å²) < 4.78 is 21.0. The fraction of sp³-hybridized carbons (Fsp3) is 0.818. The van der Waals surface area contributed by atoms with Crippen LogP contribution in [0.3, 0.4) is 0 Å². The minimum Gasteiger partial charge on any atom is -0.546 e. The Morgan fingerprint density at radius 2 is 1.51 bits per heavy atom. The molecular formula is C33H64O3Si3. The van der Waals surface area contributed by atoms with E-state index in [4.69, 9.17) is 13.3 Å². The summed E-state index contributed by atoms with van der Waals surface area (Å²) in [6.07, 6.45) is 11.0. The number of rotatable bonds is 15. The average molecular weight is 593 g/mol. The molecule has 3 nitrogen and oxygen atoms in total. The van der Waals surface area contributed by atoms with Gasteiger partial charge in [0.05, 0.1) is 17.5 Å². The maximum Gasteiger partial charge on any atom is 0.250 e. The van der Waals surface area contributed by atoms with Crippen LogP contribution in [0.2, 0.25) is 55.9 Å². The van der Waals surface area contributed by atoms with Gasteiger partial charge < -0.3 is 13.3 Å². The van der Waals surface area contributed by atoms with Crippen LogP contribution in [-0.2, 0) is 13.3 Å². The SMILES string of the molecule is CCC#CC1=C(O[Si](C)(C)C(C)(C)C)CC(O[Si](CC)(CC)CC)C1C=CCC(C)(CCCC)O[Si](C)(C)C. The van der Waals surface area contributed by atoms with E-state index >= 15 is 0 Å². The van der Waals surface area contributed by atoms with Crippen molar-refractivity contribution >= 4 is 25.0 Å². The lowest BCUT2D eigenvalue weighted by Gasteiger charge is -2.37. The molecule has 0 bridgehead atoms. The van der Waals surface area contributed by atoms with E-state index < -0.39 is 25.0 Å². The van der Waals surface area contributed by atoms with Crippen molar-refractivity contribution in [3.63, 3.8) is 0 Å². The van der Waals surface area contributed by atoms with Crippen LogP contribution in [0.1, 0.15) is 101 Å². The third kappa shape index (κ3) is 11.0. The summed E-state index contributed by atoms with van der Waals surface area (Å²) in [6.45, 7) is 32.2. The van der Waals surface area contributed by atoms with E-state index in [0.717, 1.165) is 55.1 Å². The smallest absolute Gasteiger partial charge is 0.250 e. The molecule has 0 spiro atoms. The zero-order valence-electron chi connectivity index (χ0n) is 28.4. The van der Waals surface area contributed by atoms with Gasteiger partial charge in [-0.05, 0) is 75.7 Å². The van der Waals surface area contributed by atoms with E-state index in [1.54, 1.807) is 0 Å². The van der Waals surface area contributed by atoms with Gasteiger partial charge >= 0.3 is 0 Å². The normalized spacial score (nSPS) is 20.8. The highest BCUT2D eigenvalue weighted by Gasteiger charge is 2.45. The second-order valence-corrected chi connectivity index (χ2v) is 28.3. The van der Waals surface area contributed by atoms with E-state index in [9.17, 15) is 0 Å². The standard InChI is InChI=1S/C33H64O3Si3/c1-15-20-23-28-29(24-22-26-33(9,25-21-16-2)36-37(10,11)12)31(35-39(17-3,18-4)19-5)27-30(28)34-38(13,14)32(6,7)8/h22,24,29,31H,15-19,21,25-27H2,1-14H3. The van der Waals surface area contributed by atoms with Crippen molar-refractivity contribution in [3.8, 4) is 11.8 Å². The summed E-state index contributed by atoms with van der Waals surface area (Å²) in [6, 6.07) is 3.46. The van der Waals surface area contributed by atoms with Gasteiger partial charge in [0.15, 0.2) is 16.6 Å². The van der Waals surface area contributed by atoms with Gasteiger partial charge in [0, 0.05) is 24.3 Å². The van der Waals surface area contributed by atoms with E-state index in [-0.39, 0.29) is 22.7 Å². The molecule has 0 aliphatic heterocycles. The van der Waals surface area contributed by atoms with Gasteiger partial charge in [-0.1, -0.05) is 92.2 Å². The zero-order chi connectivity index (χ0) is 30.1. The summed E-state index contributed by atoms with van der Waals surface area (Å²) in [5.74, 6) is 8.22. The lowest BCUT2D eigenvalue weighted by atomic mass is 9.93. The first-order valence-electron chi connectivity index (χ1n) is 15.9. The lowest BCUT2D eigenvalue weighted by Crippen LogP contribution is -2.42. The maximum absolute atomic E-state index is 7.22. The monoisotopic (exact) mass is 592 g/mol. The summed E-state index contributed by atoms with van der Waals surface area (Å²) in [7, 11) is -5.48. The van der Waals surface area contributed by atoms with Gasteiger partial charge in [-0.2, -0.15) is 0 Å². The van der Waals surface area contributed by atoms with Crippen LogP contribution >= 0.6 is 0 Å². The Balaban J connectivity index is 3.55. The average Bonchev–Trinajstić information content (AvgIpc) is 3.12. The Kier molecular flexibility index (Phi) is 14.1. The highest BCUT2D eigenvalue weighted by molar-refractivity contribution is 6.74. The predicted molar refractivity (Wildman–Crippen MR) is 180 cm³/mol. The lowest BCUT2D eigenvalue weighted by molar-refractivity contribution is 0.0713. The van der Waals surface area contributed by atoms with Crippen LogP contribution in [0, 0.1) is 17.8 Å². The topological polar surface area (TPSA) is 27.7 Å². The molecule has 3 unspecified atom stereocenters. The predicted octanol–water partition coefficient (Wildman–Crippen LogP) is 10.8. The molecule has 0 amide bonds. The van der Waals surface area contributed by atoms with Crippen molar-refractivity contribution < 1.29 is 13.3 Å². The van der Waals surface area contributed by atoms with Crippen LogP contribution < -0.4 is 0 Å². The Bertz CT molecular complexity index is 870. The largest absolute Gasteiger partial charge is 0.546 e. The van der Waals surface area contributed by atoms with E-state index in [1.807, 2.05) is 0 Å². The first-order chi connectivity index (χ1) is 17.9. The number of hydrogen-bond acceptors (Lipinski definition) is 3. The van der Waals surface area contributed by atoms with E-state index in [1.165, 1.54) is 12.8 Å². The zero-order valence-corrected chi connectivity index (χ0v) is 31.4. The fourth-order valence-electron chi connectivity index (χ4n) is 5.29. The summed E-state index contributed by atoms with van der Waals surface area (Å²) >= 11 is 0. The summed E-state index contributed by atoms with van der Waals surface area (Å²) in [4.78, 5) is 0. The molecule has 0 N–H and O–H groups in total. The van der Waals surface area contributed by atoms with Gasteiger partial charge in [-0.15, -0.1) is 0 Å². The van der Waals surface area contributed by atoms with Crippen molar-refractivity contribution in [3.05, 3.63) is 23.5 Å². The Morgan fingerprint density at radius 3 is 1.97 bits per heavy atom. The van der Waals surface area contributed by atoms with Gasteiger partial charge in [0.1, 0.15) is 0 Å². The molecule has 1 aliphatic carbocycles. The van der Waals surface area contributed by atoms with Gasteiger partial charge in [0.25, 0.3) is 0 Å². The molecule has 1 rings (SSSR count). The molecule has 1 aliphatic rings. The Labute approximate surface area is 247 Å². The van der Waals surface area contributed by atoms with E-state index in [0.29, 0.717) is 0 Å². The van der Waals surface area contributed by atoms with E-state index in [2.05, 4.69) is 119 Å². The third-order valence-electron chi connectivity index (χ3n) is 8.84. The summed E-state index contributed by atoms with van der Waals surface area (Å²) in [5.41, 5.74) is 1.04. The molecular weight excluding hydrogens is 529 g/mol. The molecule has 0 aromatic rings. The second-order valence-electron chi connectivity index (χ2n) is 14.4. The molecule has 0 aromatic heterocycles. The Morgan fingerprint density at radius 1 is 0.923 bits per heavy atom. The molecule has 226 valence electrons. The number of hydrogen-bond donors (Lipinski definition) is 0. The first kappa shape index (κ1) is 36.4. The van der Waals surface area contributed by atoms with Crippen molar-refractivity contribution in [2.24, 2.45) is 5.92 Å².